The van der Waals surface area contributed by atoms with Crippen molar-refractivity contribution in [1.82, 2.24) is 4.90 Å². The lowest BCUT2D eigenvalue weighted by atomic mass is 9.98. The molecule has 1 aliphatic rings. The van der Waals surface area contributed by atoms with Crippen LogP contribution in [-0.2, 0) is 18.6 Å². The van der Waals surface area contributed by atoms with Gasteiger partial charge in [0.05, 0.1) is 0 Å². The van der Waals surface area contributed by atoms with E-state index in [9.17, 15) is 5.11 Å². The SMILES string of the molecule is CN1CCc2c(Cl)ccc3oc(C(C)(C)O)c(c23)C1.[CH3][Mg][Br]. The van der Waals surface area contributed by atoms with E-state index >= 15 is 0 Å². The minimum absolute atomic E-state index is 0.229. The molecular weight excluding hydrogens is 378 g/mol. The Morgan fingerprint density at radius 2 is 2.00 bits per heavy atom. The molecule has 0 spiro atoms. The topological polar surface area (TPSA) is 36.6 Å². The lowest BCUT2D eigenvalue weighted by molar-refractivity contribution is 0.0538. The molecule has 0 radical (unpaired) electrons. The Bertz CT molecular complexity index is 666. The van der Waals surface area contributed by atoms with Crippen LogP contribution in [0.2, 0.25) is 10.1 Å². The first kappa shape index (κ1) is 18.6. The second kappa shape index (κ2) is 7.41. The minimum atomic E-state index is -0.983. The molecule has 3 nitrogen and oxygen atoms in total. The molecule has 118 valence electrons. The van der Waals surface area contributed by atoms with E-state index in [1.54, 1.807) is 13.8 Å². The Kier molecular flexibility index (Phi) is 6.25. The van der Waals surface area contributed by atoms with Crippen molar-refractivity contribution in [3.8, 4) is 0 Å². The van der Waals surface area contributed by atoms with Crippen LogP contribution in [0, 0.1) is 0 Å². The van der Waals surface area contributed by atoms with Crippen LogP contribution in [0.25, 0.3) is 11.0 Å². The molecule has 2 aromatic rings. The van der Waals surface area contributed by atoms with Crippen molar-refractivity contribution >= 4 is 53.6 Å². The summed E-state index contributed by atoms with van der Waals surface area (Å²) in [7, 11) is 2.08. The number of nitrogens with zero attached hydrogens (tertiary/aromatic N) is 1. The molecule has 6 heteroatoms. The van der Waals surface area contributed by atoms with Crippen LogP contribution in [0.3, 0.4) is 0 Å². The first-order valence-electron chi connectivity index (χ1n) is 7.49. The van der Waals surface area contributed by atoms with E-state index in [1.807, 2.05) is 12.1 Å². The highest BCUT2D eigenvalue weighted by Crippen LogP contribution is 2.39. The van der Waals surface area contributed by atoms with Gasteiger partial charge in [-0.2, -0.15) is 0 Å². The van der Waals surface area contributed by atoms with Gasteiger partial charge in [-0.1, -0.05) is 11.6 Å². The summed E-state index contributed by atoms with van der Waals surface area (Å²) < 4.78 is 5.90. The number of likely N-dealkylation sites (N-methyl/N-ethyl adjacent to an activating group) is 1. The molecule has 0 saturated carbocycles. The molecule has 1 N–H and O–H groups in total. The van der Waals surface area contributed by atoms with Crippen molar-refractivity contribution in [1.29, 1.82) is 0 Å². The Labute approximate surface area is 152 Å². The van der Waals surface area contributed by atoms with Crippen molar-refractivity contribution in [2.24, 2.45) is 0 Å². The van der Waals surface area contributed by atoms with Crippen molar-refractivity contribution < 1.29 is 9.52 Å². The summed E-state index contributed by atoms with van der Waals surface area (Å²) >= 11 is 9.84. The minimum Gasteiger partial charge on any atom is -0.458 e. The third-order valence-electron chi connectivity index (χ3n) is 3.73. The number of hydrogen-bond donors (Lipinski definition) is 1. The summed E-state index contributed by atoms with van der Waals surface area (Å²) in [5, 5.41) is 14.4. The molecule has 0 bridgehead atoms. The van der Waals surface area contributed by atoms with Crippen LogP contribution in [0.4, 0.5) is 0 Å². The average molecular weight is 399 g/mol. The van der Waals surface area contributed by atoms with Gasteiger partial charge < -0.3 is 27.3 Å². The van der Waals surface area contributed by atoms with Gasteiger partial charge in [0.15, 0.2) is 0 Å². The van der Waals surface area contributed by atoms with E-state index in [-0.39, 0.29) is 18.2 Å². The number of aliphatic hydroxyl groups is 1. The lowest BCUT2D eigenvalue weighted by Crippen LogP contribution is -2.22. The van der Waals surface area contributed by atoms with Crippen molar-refractivity contribution in [2.75, 3.05) is 13.6 Å². The highest BCUT2D eigenvalue weighted by molar-refractivity contribution is 9.23. The third kappa shape index (κ3) is 3.82. The van der Waals surface area contributed by atoms with Crippen LogP contribution in [0.5, 0.6) is 0 Å². The highest BCUT2D eigenvalue weighted by Gasteiger charge is 2.30. The summed E-state index contributed by atoms with van der Waals surface area (Å²) in [5.41, 5.74) is 2.04. The van der Waals surface area contributed by atoms with Crippen molar-refractivity contribution in [3.05, 3.63) is 34.0 Å². The Morgan fingerprint density at radius 1 is 1.36 bits per heavy atom. The summed E-state index contributed by atoms with van der Waals surface area (Å²) in [5.74, 6) is 0.653. The zero-order valence-electron chi connectivity index (χ0n) is 13.5. The molecule has 0 fully saturated rings. The van der Waals surface area contributed by atoms with E-state index in [2.05, 4.69) is 29.9 Å². The molecule has 2 heterocycles. The smallest absolute Gasteiger partial charge is 0.458 e. The fourth-order valence-corrected chi connectivity index (χ4v) is 3.09. The summed E-state index contributed by atoms with van der Waals surface area (Å²) in [6.45, 7) is 5.25. The lowest BCUT2D eigenvalue weighted by Gasteiger charge is -2.19. The van der Waals surface area contributed by atoms with Crippen LogP contribution >= 0.6 is 24.5 Å². The van der Waals surface area contributed by atoms with Gasteiger partial charge in [0.2, 0.25) is 0 Å². The number of benzene rings is 1. The number of rotatable bonds is 1. The van der Waals surface area contributed by atoms with Gasteiger partial charge >= 0.3 is 18.2 Å². The number of furan rings is 1. The van der Waals surface area contributed by atoms with Gasteiger partial charge in [-0.15, -0.1) is 5.05 Å². The largest absolute Gasteiger partial charge is 0.465 e. The van der Waals surface area contributed by atoms with Gasteiger partial charge in [0, 0.05) is 29.1 Å². The van der Waals surface area contributed by atoms with Crippen LogP contribution in [-0.4, -0.2) is 41.8 Å². The zero-order valence-corrected chi connectivity index (χ0v) is 17.3. The fraction of sp³-hybridized carbons (Fsp3) is 0.500. The first-order valence-corrected chi connectivity index (χ1v) is 13.2. The molecule has 1 aromatic heterocycles. The second-order valence-corrected chi connectivity index (χ2v) is 10.4. The standard InChI is InChI=1S/C15H18ClNO2.CH3.BrH.Mg/c1-15(2,18)14-10-8-17(3)7-6-9-11(16)4-5-12(19-14)13(9)10;;;/h4-5,18H,6-8H2,1-3H3;1H3;1H;/q;;;+1/p-1. The maximum Gasteiger partial charge on any atom is 0.465 e. The normalized spacial score (nSPS) is 15.0. The van der Waals surface area contributed by atoms with E-state index in [0.29, 0.717) is 5.76 Å². The molecule has 0 amide bonds. The average Bonchev–Trinajstić information content (AvgIpc) is 2.68. The maximum atomic E-state index is 10.3. The summed E-state index contributed by atoms with van der Waals surface area (Å²) in [6, 6.07) is 3.78. The molecule has 22 heavy (non-hydrogen) atoms. The first-order chi connectivity index (χ1) is 10.3. The van der Waals surface area contributed by atoms with E-state index in [0.717, 1.165) is 46.6 Å². The Morgan fingerprint density at radius 3 is 2.59 bits per heavy atom. The molecule has 0 saturated heterocycles. The van der Waals surface area contributed by atoms with E-state index < -0.39 is 5.60 Å². The third-order valence-corrected chi connectivity index (χ3v) is 4.09. The summed E-state index contributed by atoms with van der Waals surface area (Å²) in [6.07, 6.45) is 0.907. The predicted octanol–water partition coefficient (Wildman–Crippen LogP) is 4.35. The van der Waals surface area contributed by atoms with Crippen LogP contribution in [0.15, 0.2) is 16.5 Å². The molecule has 1 aliphatic heterocycles. The van der Waals surface area contributed by atoms with E-state index in [1.165, 1.54) is 0 Å². The maximum absolute atomic E-state index is 10.3. The number of hydrogen-bond acceptors (Lipinski definition) is 3. The van der Waals surface area contributed by atoms with Gasteiger partial charge in [-0.05, 0) is 45.0 Å². The monoisotopic (exact) mass is 397 g/mol. The molecule has 0 aliphatic carbocycles. The quantitative estimate of drug-likeness (QED) is 0.725. The van der Waals surface area contributed by atoms with Gasteiger partial charge in [0.1, 0.15) is 16.9 Å². The Balaban J connectivity index is 0.000000545. The highest BCUT2D eigenvalue weighted by atomic mass is 79.9. The van der Waals surface area contributed by atoms with Crippen molar-refractivity contribution in [3.63, 3.8) is 0 Å². The Hall–Kier alpha value is 0.216. The molecule has 0 unspecified atom stereocenters. The second-order valence-electron chi connectivity index (χ2n) is 6.12. The zero-order chi connectivity index (χ0) is 16.5. The van der Waals surface area contributed by atoms with Gasteiger partial charge in [-0.25, -0.2) is 0 Å². The van der Waals surface area contributed by atoms with Gasteiger partial charge in [0.25, 0.3) is 0 Å². The fourth-order valence-electron chi connectivity index (χ4n) is 2.84. The molecular formula is C16H21BrClMgNO2. The number of halogens is 2. The van der Waals surface area contributed by atoms with Crippen molar-refractivity contribution in [2.45, 2.75) is 37.5 Å². The summed E-state index contributed by atoms with van der Waals surface area (Å²) in [4.78, 5) is 2.23. The predicted molar refractivity (Wildman–Crippen MR) is 97.1 cm³/mol. The van der Waals surface area contributed by atoms with E-state index in [4.69, 9.17) is 16.0 Å². The van der Waals surface area contributed by atoms with Crippen LogP contribution < -0.4 is 0 Å². The molecule has 3 rings (SSSR count). The molecule has 1 aromatic carbocycles. The van der Waals surface area contributed by atoms with Crippen LogP contribution in [0.1, 0.15) is 30.7 Å². The molecule has 0 atom stereocenters. The van der Waals surface area contributed by atoms with Gasteiger partial charge in [-0.3, -0.25) is 0 Å².